The zero-order valence-electron chi connectivity index (χ0n) is 11.8. The molecule has 1 aliphatic heterocycles. The lowest BCUT2D eigenvalue weighted by Gasteiger charge is -2.22. The van der Waals surface area contributed by atoms with Crippen molar-refractivity contribution < 1.29 is 13.3 Å². The minimum Gasteiger partial charge on any atom is -0.365 e. The molecule has 0 spiro atoms. The van der Waals surface area contributed by atoms with Crippen LogP contribution in [0.4, 0.5) is 4.39 Å². The van der Waals surface area contributed by atoms with E-state index in [-0.39, 0.29) is 0 Å². The summed E-state index contributed by atoms with van der Waals surface area (Å²) >= 11 is 0. The van der Waals surface area contributed by atoms with E-state index >= 15 is 0 Å². The summed E-state index contributed by atoms with van der Waals surface area (Å²) in [5.74, 6) is 0. The molecule has 1 fully saturated rings. The summed E-state index contributed by atoms with van der Waals surface area (Å²) in [6.07, 6.45) is 0. The van der Waals surface area contributed by atoms with Gasteiger partial charge in [0.1, 0.15) is 12.3 Å². The van der Waals surface area contributed by atoms with Crippen molar-refractivity contribution in [1.29, 1.82) is 0 Å². The van der Waals surface area contributed by atoms with Crippen LogP contribution in [0.25, 0.3) is 0 Å². The standard InChI is InChI=1S/C17H17FO2S/c1-13-7-9-15(10-8-13)21(19)16(17(11-18)12-20-17)14-5-3-2-4-6-14/h2-10,16H,11-12H2,1H3/t16-,17+,21?/m0/s1. The molecule has 110 valence electrons. The highest BCUT2D eigenvalue weighted by Crippen LogP contribution is 2.45. The Bertz CT molecular complexity index is 636. The van der Waals surface area contributed by atoms with E-state index in [4.69, 9.17) is 4.74 Å². The van der Waals surface area contributed by atoms with Crippen LogP contribution in [0.2, 0.25) is 0 Å². The second-order valence-corrected chi connectivity index (χ2v) is 6.93. The third-order valence-corrected chi connectivity index (χ3v) is 5.66. The maximum absolute atomic E-state index is 13.4. The van der Waals surface area contributed by atoms with Crippen LogP contribution in [0.15, 0.2) is 59.5 Å². The van der Waals surface area contributed by atoms with Crippen molar-refractivity contribution in [3.63, 3.8) is 0 Å². The highest BCUT2D eigenvalue weighted by atomic mass is 32.2. The van der Waals surface area contributed by atoms with Gasteiger partial charge in [-0.15, -0.1) is 0 Å². The Morgan fingerprint density at radius 3 is 2.33 bits per heavy atom. The second kappa shape index (κ2) is 5.70. The zero-order valence-corrected chi connectivity index (χ0v) is 12.6. The Labute approximate surface area is 126 Å². The van der Waals surface area contributed by atoms with Gasteiger partial charge in [-0.3, -0.25) is 4.21 Å². The molecule has 0 radical (unpaired) electrons. The fraction of sp³-hybridized carbons (Fsp3) is 0.294. The molecule has 0 saturated carbocycles. The number of epoxide rings is 1. The van der Waals surface area contributed by atoms with E-state index in [1.807, 2.05) is 61.5 Å². The molecule has 1 aliphatic rings. The number of hydrogen-bond donors (Lipinski definition) is 0. The Hall–Kier alpha value is -1.52. The van der Waals surface area contributed by atoms with Crippen molar-refractivity contribution in [2.75, 3.05) is 13.3 Å². The number of rotatable bonds is 5. The first kappa shape index (κ1) is 14.4. The molecule has 2 aromatic rings. The fourth-order valence-corrected chi connectivity index (χ4v) is 4.12. The average molecular weight is 304 g/mol. The summed E-state index contributed by atoms with van der Waals surface area (Å²) in [6, 6.07) is 16.9. The summed E-state index contributed by atoms with van der Waals surface area (Å²) in [5.41, 5.74) is 1.03. The van der Waals surface area contributed by atoms with Gasteiger partial charge in [0.05, 0.1) is 22.7 Å². The van der Waals surface area contributed by atoms with Gasteiger partial charge in [0, 0.05) is 4.90 Å². The van der Waals surface area contributed by atoms with Gasteiger partial charge in [-0.25, -0.2) is 4.39 Å². The Morgan fingerprint density at radius 2 is 1.81 bits per heavy atom. The molecule has 0 amide bonds. The smallest absolute Gasteiger partial charge is 0.138 e. The van der Waals surface area contributed by atoms with Gasteiger partial charge < -0.3 is 4.74 Å². The molecule has 3 rings (SSSR count). The van der Waals surface area contributed by atoms with Crippen LogP contribution in [-0.2, 0) is 15.5 Å². The lowest BCUT2D eigenvalue weighted by Crippen LogP contribution is -2.28. The summed E-state index contributed by atoms with van der Waals surface area (Å²) < 4.78 is 31.8. The predicted octanol–water partition coefficient (Wildman–Crippen LogP) is 3.58. The van der Waals surface area contributed by atoms with Crippen LogP contribution in [-0.4, -0.2) is 23.1 Å². The van der Waals surface area contributed by atoms with Gasteiger partial charge in [-0.2, -0.15) is 0 Å². The molecular weight excluding hydrogens is 287 g/mol. The highest BCUT2D eigenvalue weighted by Gasteiger charge is 2.55. The summed E-state index contributed by atoms with van der Waals surface area (Å²) in [7, 11) is -1.35. The van der Waals surface area contributed by atoms with Gasteiger partial charge in [-0.1, -0.05) is 48.0 Å². The van der Waals surface area contributed by atoms with Gasteiger partial charge in [0.15, 0.2) is 0 Å². The minimum atomic E-state index is -1.35. The molecule has 0 bridgehead atoms. The van der Waals surface area contributed by atoms with Gasteiger partial charge in [-0.05, 0) is 24.6 Å². The molecular formula is C17H17FO2S. The third-order valence-electron chi connectivity index (χ3n) is 3.79. The summed E-state index contributed by atoms with van der Waals surface area (Å²) in [4.78, 5) is 0.706. The van der Waals surface area contributed by atoms with Crippen LogP contribution >= 0.6 is 0 Å². The van der Waals surface area contributed by atoms with Crippen molar-refractivity contribution in [2.45, 2.75) is 22.7 Å². The summed E-state index contributed by atoms with van der Waals surface area (Å²) in [5, 5.41) is -0.480. The molecule has 0 N–H and O–H groups in total. The first-order chi connectivity index (χ1) is 10.2. The van der Waals surface area contributed by atoms with Gasteiger partial charge in [0.25, 0.3) is 0 Å². The van der Waals surface area contributed by atoms with Crippen molar-refractivity contribution >= 4 is 10.8 Å². The lowest BCUT2D eigenvalue weighted by atomic mass is 10.0. The molecule has 3 atom stereocenters. The molecule has 2 nitrogen and oxygen atoms in total. The Balaban J connectivity index is 2.00. The van der Waals surface area contributed by atoms with E-state index < -0.39 is 28.3 Å². The van der Waals surface area contributed by atoms with Crippen molar-refractivity contribution in [2.24, 2.45) is 0 Å². The number of alkyl halides is 1. The molecule has 1 saturated heterocycles. The van der Waals surface area contributed by atoms with Gasteiger partial charge >= 0.3 is 0 Å². The zero-order chi connectivity index (χ0) is 14.9. The molecule has 1 heterocycles. The van der Waals surface area contributed by atoms with Crippen LogP contribution < -0.4 is 0 Å². The van der Waals surface area contributed by atoms with Crippen LogP contribution in [0.3, 0.4) is 0 Å². The van der Waals surface area contributed by atoms with Crippen LogP contribution in [0.5, 0.6) is 0 Å². The number of aryl methyl sites for hydroxylation is 1. The molecule has 21 heavy (non-hydrogen) atoms. The van der Waals surface area contributed by atoms with Crippen LogP contribution in [0.1, 0.15) is 16.4 Å². The van der Waals surface area contributed by atoms with E-state index in [9.17, 15) is 8.60 Å². The highest BCUT2D eigenvalue weighted by molar-refractivity contribution is 7.85. The summed E-state index contributed by atoms with van der Waals surface area (Å²) in [6.45, 7) is 1.68. The number of hydrogen-bond acceptors (Lipinski definition) is 2. The van der Waals surface area contributed by atoms with Crippen molar-refractivity contribution in [3.8, 4) is 0 Å². The largest absolute Gasteiger partial charge is 0.365 e. The van der Waals surface area contributed by atoms with E-state index in [0.29, 0.717) is 11.5 Å². The normalized spacial score (nSPS) is 23.5. The first-order valence-electron chi connectivity index (χ1n) is 6.88. The van der Waals surface area contributed by atoms with E-state index in [2.05, 4.69) is 0 Å². The molecule has 0 aromatic heterocycles. The monoisotopic (exact) mass is 304 g/mol. The van der Waals surface area contributed by atoms with Crippen molar-refractivity contribution in [1.82, 2.24) is 0 Å². The third kappa shape index (κ3) is 2.78. The predicted molar refractivity (Wildman–Crippen MR) is 81.4 cm³/mol. The second-order valence-electron chi connectivity index (χ2n) is 5.39. The SMILES string of the molecule is Cc1ccc(S(=O)[C@@H](c2ccccc2)[C@@]2(CF)CO2)cc1. The molecule has 2 aromatic carbocycles. The first-order valence-corrected chi connectivity index (χ1v) is 8.10. The number of ether oxygens (including phenoxy) is 1. The van der Waals surface area contributed by atoms with Crippen LogP contribution in [0, 0.1) is 6.92 Å². The molecule has 1 unspecified atom stereocenters. The lowest BCUT2D eigenvalue weighted by molar-refractivity contribution is 0.239. The Kier molecular flexibility index (Phi) is 3.91. The molecule has 0 aliphatic carbocycles. The van der Waals surface area contributed by atoms with E-state index in [1.54, 1.807) is 0 Å². The maximum atomic E-state index is 13.4. The maximum Gasteiger partial charge on any atom is 0.138 e. The van der Waals surface area contributed by atoms with Gasteiger partial charge in [0.2, 0.25) is 0 Å². The topological polar surface area (TPSA) is 29.6 Å². The van der Waals surface area contributed by atoms with E-state index in [0.717, 1.165) is 11.1 Å². The molecule has 4 heteroatoms. The Morgan fingerprint density at radius 1 is 1.19 bits per heavy atom. The van der Waals surface area contributed by atoms with E-state index in [1.165, 1.54) is 0 Å². The number of halogens is 1. The van der Waals surface area contributed by atoms with Crippen molar-refractivity contribution in [3.05, 3.63) is 65.7 Å². The average Bonchev–Trinajstić information content (AvgIpc) is 3.30. The fourth-order valence-electron chi connectivity index (χ4n) is 2.45. The number of benzene rings is 2. The quantitative estimate of drug-likeness (QED) is 0.790. The minimum absolute atomic E-state index is 0.320.